The molecule has 3 heteroatoms. The Balaban J connectivity index is 2.43. The van der Waals surface area contributed by atoms with Crippen molar-refractivity contribution in [3.63, 3.8) is 0 Å². The van der Waals surface area contributed by atoms with Gasteiger partial charge in [-0.25, -0.2) is 0 Å². The zero-order valence-corrected chi connectivity index (χ0v) is 11.5. The average molecular weight is 252 g/mol. The van der Waals surface area contributed by atoms with E-state index in [0.29, 0.717) is 38.1 Å². The summed E-state index contributed by atoms with van der Waals surface area (Å²) in [6, 6.07) is 0. The first-order chi connectivity index (χ1) is 8.54. The van der Waals surface area contributed by atoms with E-state index in [2.05, 4.69) is 13.2 Å². The molecule has 0 aromatic carbocycles. The second kappa shape index (κ2) is 7.37. The SMILES string of the molecule is C=CCC1COCC(CC(=O)OCC(C)C)C1=C. The van der Waals surface area contributed by atoms with Gasteiger partial charge in [0.2, 0.25) is 0 Å². The second-order valence-electron chi connectivity index (χ2n) is 5.31. The monoisotopic (exact) mass is 252 g/mol. The van der Waals surface area contributed by atoms with Gasteiger partial charge in [-0.2, -0.15) is 0 Å². The van der Waals surface area contributed by atoms with Crippen molar-refractivity contribution in [2.45, 2.75) is 26.7 Å². The molecule has 0 saturated carbocycles. The van der Waals surface area contributed by atoms with Crippen LogP contribution in [0.2, 0.25) is 0 Å². The highest BCUT2D eigenvalue weighted by molar-refractivity contribution is 5.70. The zero-order valence-electron chi connectivity index (χ0n) is 11.5. The summed E-state index contributed by atoms with van der Waals surface area (Å²) in [4.78, 5) is 11.7. The summed E-state index contributed by atoms with van der Waals surface area (Å²) in [5, 5.41) is 0. The van der Waals surface area contributed by atoms with E-state index in [1.807, 2.05) is 19.9 Å². The van der Waals surface area contributed by atoms with Crippen LogP contribution in [0.15, 0.2) is 24.8 Å². The zero-order chi connectivity index (χ0) is 13.5. The van der Waals surface area contributed by atoms with Gasteiger partial charge in [0, 0.05) is 11.8 Å². The third-order valence-corrected chi connectivity index (χ3v) is 3.13. The smallest absolute Gasteiger partial charge is 0.306 e. The van der Waals surface area contributed by atoms with E-state index in [4.69, 9.17) is 9.47 Å². The Morgan fingerprint density at radius 3 is 2.78 bits per heavy atom. The molecule has 1 aliphatic rings. The molecule has 1 aliphatic heterocycles. The lowest BCUT2D eigenvalue weighted by atomic mass is 9.84. The number of ether oxygens (including phenoxy) is 2. The normalized spacial score (nSPS) is 24.1. The molecule has 0 aromatic rings. The van der Waals surface area contributed by atoms with Crippen LogP contribution in [0, 0.1) is 17.8 Å². The van der Waals surface area contributed by atoms with Crippen molar-refractivity contribution >= 4 is 5.97 Å². The van der Waals surface area contributed by atoms with Crippen molar-refractivity contribution in [3.8, 4) is 0 Å². The summed E-state index contributed by atoms with van der Waals surface area (Å²) in [6.07, 6.45) is 3.11. The lowest BCUT2D eigenvalue weighted by Gasteiger charge is -2.31. The first-order valence-corrected chi connectivity index (χ1v) is 6.57. The topological polar surface area (TPSA) is 35.5 Å². The molecule has 18 heavy (non-hydrogen) atoms. The third-order valence-electron chi connectivity index (χ3n) is 3.13. The summed E-state index contributed by atoms with van der Waals surface area (Å²) >= 11 is 0. The summed E-state index contributed by atoms with van der Waals surface area (Å²) in [5.74, 6) is 0.591. The predicted molar refractivity (Wildman–Crippen MR) is 72.2 cm³/mol. The van der Waals surface area contributed by atoms with Crippen LogP contribution in [0.5, 0.6) is 0 Å². The minimum Gasteiger partial charge on any atom is -0.465 e. The quantitative estimate of drug-likeness (QED) is 0.538. The lowest BCUT2D eigenvalue weighted by molar-refractivity contribution is -0.146. The van der Waals surface area contributed by atoms with Crippen LogP contribution in [0.1, 0.15) is 26.7 Å². The molecule has 2 unspecified atom stereocenters. The minimum absolute atomic E-state index is 0.0864. The summed E-state index contributed by atoms with van der Waals surface area (Å²) < 4.78 is 10.7. The van der Waals surface area contributed by atoms with E-state index < -0.39 is 0 Å². The Labute approximate surface area is 110 Å². The molecule has 1 rings (SSSR count). The van der Waals surface area contributed by atoms with Crippen LogP contribution in [0.3, 0.4) is 0 Å². The number of rotatable bonds is 6. The second-order valence-corrected chi connectivity index (χ2v) is 5.31. The van der Waals surface area contributed by atoms with Gasteiger partial charge in [-0.1, -0.05) is 32.1 Å². The fourth-order valence-electron chi connectivity index (χ4n) is 2.03. The van der Waals surface area contributed by atoms with Crippen LogP contribution in [-0.2, 0) is 14.3 Å². The van der Waals surface area contributed by atoms with Gasteiger partial charge in [0.25, 0.3) is 0 Å². The van der Waals surface area contributed by atoms with E-state index in [-0.39, 0.29) is 11.9 Å². The molecule has 2 atom stereocenters. The Hall–Kier alpha value is -1.09. The van der Waals surface area contributed by atoms with Gasteiger partial charge >= 0.3 is 5.97 Å². The Bertz CT molecular complexity index is 307. The van der Waals surface area contributed by atoms with Gasteiger partial charge in [-0.05, 0) is 12.3 Å². The summed E-state index contributed by atoms with van der Waals surface area (Å²) in [5.41, 5.74) is 1.10. The minimum atomic E-state index is -0.155. The van der Waals surface area contributed by atoms with Crippen molar-refractivity contribution in [1.82, 2.24) is 0 Å². The Morgan fingerprint density at radius 2 is 2.17 bits per heavy atom. The lowest BCUT2D eigenvalue weighted by Crippen LogP contribution is -2.30. The maximum Gasteiger partial charge on any atom is 0.306 e. The van der Waals surface area contributed by atoms with E-state index in [1.54, 1.807) is 0 Å². The highest BCUT2D eigenvalue weighted by Gasteiger charge is 2.28. The van der Waals surface area contributed by atoms with Gasteiger partial charge in [0.1, 0.15) is 0 Å². The van der Waals surface area contributed by atoms with Gasteiger partial charge in [0.15, 0.2) is 0 Å². The van der Waals surface area contributed by atoms with Crippen molar-refractivity contribution < 1.29 is 14.3 Å². The molecule has 1 heterocycles. The van der Waals surface area contributed by atoms with Crippen molar-refractivity contribution in [2.75, 3.05) is 19.8 Å². The molecular weight excluding hydrogens is 228 g/mol. The fourth-order valence-corrected chi connectivity index (χ4v) is 2.03. The van der Waals surface area contributed by atoms with Gasteiger partial charge < -0.3 is 9.47 Å². The van der Waals surface area contributed by atoms with E-state index in [9.17, 15) is 4.79 Å². The van der Waals surface area contributed by atoms with Crippen LogP contribution >= 0.6 is 0 Å². The molecule has 0 spiro atoms. The van der Waals surface area contributed by atoms with Crippen molar-refractivity contribution in [3.05, 3.63) is 24.8 Å². The molecule has 1 fully saturated rings. The average Bonchev–Trinajstić information content (AvgIpc) is 2.32. The van der Waals surface area contributed by atoms with Gasteiger partial charge in [-0.15, -0.1) is 6.58 Å². The highest BCUT2D eigenvalue weighted by Crippen LogP contribution is 2.30. The molecule has 0 aromatic heterocycles. The number of hydrogen-bond donors (Lipinski definition) is 0. The Morgan fingerprint density at radius 1 is 1.50 bits per heavy atom. The van der Waals surface area contributed by atoms with E-state index >= 15 is 0 Å². The van der Waals surface area contributed by atoms with Gasteiger partial charge in [0.05, 0.1) is 26.2 Å². The number of hydrogen-bond acceptors (Lipinski definition) is 3. The molecule has 0 amide bonds. The molecule has 1 saturated heterocycles. The molecule has 0 N–H and O–H groups in total. The Kier molecular flexibility index (Phi) is 6.13. The van der Waals surface area contributed by atoms with Crippen LogP contribution < -0.4 is 0 Å². The number of carbonyl (C=O) groups excluding carboxylic acids is 1. The molecule has 102 valence electrons. The molecular formula is C15H24O3. The molecule has 0 aliphatic carbocycles. The molecule has 0 radical (unpaired) electrons. The third kappa shape index (κ3) is 4.65. The van der Waals surface area contributed by atoms with E-state index in [0.717, 1.165) is 12.0 Å². The predicted octanol–water partition coefficient (Wildman–Crippen LogP) is 2.97. The molecule has 0 bridgehead atoms. The van der Waals surface area contributed by atoms with Crippen molar-refractivity contribution in [2.24, 2.45) is 17.8 Å². The summed E-state index contributed by atoms with van der Waals surface area (Å²) in [7, 11) is 0. The van der Waals surface area contributed by atoms with Crippen LogP contribution in [-0.4, -0.2) is 25.8 Å². The highest BCUT2D eigenvalue weighted by atomic mass is 16.5. The first-order valence-electron chi connectivity index (χ1n) is 6.57. The van der Waals surface area contributed by atoms with Crippen molar-refractivity contribution in [1.29, 1.82) is 0 Å². The standard InChI is InChI=1S/C15H24O3/c1-5-6-13-9-17-10-14(12(13)4)7-15(16)18-8-11(2)3/h5,11,13-14H,1,4,6-10H2,2-3H3. The maximum absolute atomic E-state index is 11.7. The largest absolute Gasteiger partial charge is 0.465 e. The van der Waals surface area contributed by atoms with Crippen LogP contribution in [0.4, 0.5) is 0 Å². The number of carbonyl (C=O) groups is 1. The first kappa shape index (κ1) is 15.0. The van der Waals surface area contributed by atoms with Crippen LogP contribution in [0.25, 0.3) is 0 Å². The summed E-state index contributed by atoms with van der Waals surface area (Å²) in [6.45, 7) is 13.6. The van der Waals surface area contributed by atoms with Gasteiger partial charge in [-0.3, -0.25) is 4.79 Å². The number of allylic oxidation sites excluding steroid dienone is 1. The molecule has 3 nitrogen and oxygen atoms in total. The maximum atomic E-state index is 11.7. The van der Waals surface area contributed by atoms with E-state index in [1.165, 1.54) is 0 Å². The number of esters is 1. The fraction of sp³-hybridized carbons (Fsp3) is 0.667.